The number of halogens is 2. The van der Waals surface area contributed by atoms with Gasteiger partial charge in [0.05, 0.1) is 15.5 Å². The van der Waals surface area contributed by atoms with Crippen LogP contribution in [0.5, 0.6) is 0 Å². The number of piperidine rings is 1. The first-order valence-electron chi connectivity index (χ1n) is 9.32. The lowest BCUT2D eigenvalue weighted by molar-refractivity contribution is 0.346. The number of hydrogen-bond donors (Lipinski definition) is 0. The van der Waals surface area contributed by atoms with Gasteiger partial charge in [-0.1, -0.05) is 6.42 Å². The highest BCUT2D eigenvalue weighted by atomic mass is 32.2. The van der Waals surface area contributed by atoms with Crippen molar-refractivity contribution < 1.29 is 25.6 Å². The average molecular weight is 443 g/mol. The quantitative estimate of drug-likeness (QED) is 0.730. The van der Waals surface area contributed by atoms with E-state index in [1.54, 1.807) is 0 Å². The molecule has 6 nitrogen and oxygen atoms in total. The molecule has 2 aliphatic rings. The number of hydrogen-bond acceptors (Lipinski definition) is 4. The van der Waals surface area contributed by atoms with Crippen LogP contribution in [0.15, 0.2) is 46.2 Å². The summed E-state index contributed by atoms with van der Waals surface area (Å²) in [5, 5.41) is 0. The first-order chi connectivity index (χ1) is 13.7. The van der Waals surface area contributed by atoms with E-state index in [1.165, 1.54) is 22.5 Å². The highest BCUT2D eigenvalue weighted by Crippen LogP contribution is 2.35. The fourth-order valence-corrected chi connectivity index (χ4v) is 6.86. The molecule has 156 valence electrons. The van der Waals surface area contributed by atoms with Crippen LogP contribution >= 0.6 is 0 Å². The number of rotatable bonds is 4. The molecule has 1 fully saturated rings. The van der Waals surface area contributed by atoms with Crippen LogP contribution < -0.4 is 4.31 Å². The van der Waals surface area contributed by atoms with E-state index in [2.05, 4.69) is 0 Å². The van der Waals surface area contributed by atoms with Crippen LogP contribution in [0.4, 0.5) is 14.5 Å². The maximum atomic E-state index is 13.5. The molecule has 2 aliphatic heterocycles. The van der Waals surface area contributed by atoms with Crippen LogP contribution in [0, 0.1) is 11.6 Å². The largest absolute Gasteiger partial charge is 0.266 e. The number of sulfonamides is 2. The van der Waals surface area contributed by atoms with Crippen LogP contribution in [0.25, 0.3) is 0 Å². The molecule has 0 bridgehead atoms. The summed E-state index contributed by atoms with van der Waals surface area (Å²) in [4.78, 5) is -0.209. The van der Waals surface area contributed by atoms with Gasteiger partial charge in [0, 0.05) is 19.6 Å². The SMILES string of the molecule is O=S(=O)(c1ccc2c(c1)CCN2S(=O)(=O)c1ccc(F)c(F)c1)N1CCCCC1. The summed E-state index contributed by atoms with van der Waals surface area (Å²) in [6.45, 7) is 1.07. The summed E-state index contributed by atoms with van der Waals surface area (Å²) in [5.74, 6) is -2.37. The highest BCUT2D eigenvalue weighted by Gasteiger charge is 2.33. The Balaban J connectivity index is 1.67. The second-order valence-electron chi connectivity index (χ2n) is 7.16. The number of benzene rings is 2. The van der Waals surface area contributed by atoms with Crippen molar-refractivity contribution in [3.8, 4) is 0 Å². The lowest BCUT2D eigenvalue weighted by Crippen LogP contribution is -2.35. The Morgan fingerprint density at radius 2 is 1.38 bits per heavy atom. The van der Waals surface area contributed by atoms with Gasteiger partial charge in [-0.25, -0.2) is 25.6 Å². The van der Waals surface area contributed by atoms with Gasteiger partial charge in [-0.2, -0.15) is 4.31 Å². The minimum Gasteiger partial charge on any atom is -0.266 e. The maximum absolute atomic E-state index is 13.5. The van der Waals surface area contributed by atoms with Crippen LogP contribution in [-0.4, -0.2) is 40.8 Å². The molecule has 0 aliphatic carbocycles. The Morgan fingerprint density at radius 1 is 0.724 bits per heavy atom. The first kappa shape index (κ1) is 20.2. The fourth-order valence-electron chi connectivity index (χ4n) is 3.78. The average Bonchev–Trinajstić information content (AvgIpc) is 3.14. The van der Waals surface area contributed by atoms with Crippen molar-refractivity contribution >= 4 is 25.7 Å². The lowest BCUT2D eigenvalue weighted by atomic mass is 10.2. The summed E-state index contributed by atoms with van der Waals surface area (Å²) < 4.78 is 80.8. The van der Waals surface area contributed by atoms with E-state index in [1.807, 2.05) is 0 Å². The molecule has 0 spiro atoms. The Bertz CT molecular complexity index is 1160. The maximum Gasteiger partial charge on any atom is 0.264 e. The van der Waals surface area contributed by atoms with Gasteiger partial charge in [-0.3, -0.25) is 4.31 Å². The highest BCUT2D eigenvalue weighted by molar-refractivity contribution is 7.92. The fraction of sp³-hybridized carbons (Fsp3) is 0.368. The molecule has 2 aromatic rings. The number of anilines is 1. The molecular weight excluding hydrogens is 422 g/mol. The van der Waals surface area contributed by atoms with E-state index >= 15 is 0 Å². The molecule has 2 aromatic carbocycles. The molecule has 0 amide bonds. The zero-order valence-corrected chi connectivity index (χ0v) is 17.1. The number of fused-ring (bicyclic) bond motifs is 1. The second-order valence-corrected chi connectivity index (χ2v) is 11.0. The Hall–Kier alpha value is -2.04. The summed E-state index contributed by atoms with van der Waals surface area (Å²) in [6.07, 6.45) is 2.99. The molecular formula is C19H20F2N2O4S2. The van der Waals surface area contributed by atoms with Crippen molar-refractivity contribution in [3.05, 3.63) is 53.6 Å². The van der Waals surface area contributed by atoms with E-state index in [4.69, 9.17) is 0 Å². The third-order valence-electron chi connectivity index (χ3n) is 5.34. The predicted molar refractivity (Wildman–Crippen MR) is 104 cm³/mol. The van der Waals surface area contributed by atoms with Gasteiger partial charge in [0.1, 0.15) is 0 Å². The predicted octanol–water partition coefficient (Wildman–Crippen LogP) is 2.89. The monoisotopic (exact) mass is 442 g/mol. The Kier molecular flexibility index (Phi) is 5.12. The second kappa shape index (κ2) is 7.33. The Morgan fingerprint density at radius 3 is 2.07 bits per heavy atom. The van der Waals surface area contributed by atoms with Gasteiger partial charge in [0.15, 0.2) is 11.6 Å². The van der Waals surface area contributed by atoms with Crippen molar-refractivity contribution in [1.29, 1.82) is 0 Å². The summed E-state index contributed by atoms with van der Waals surface area (Å²) in [5.41, 5.74) is 0.946. The Labute approximate surface area is 168 Å². The summed E-state index contributed by atoms with van der Waals surface area (Å²) >= 11 is 0. The van der Waals surface area contributed by atoms with E-state index < -0.39 is 31.7 Å². The molecule has 0 aromatic heterocycles. The molecule has 2 heterocycles. The van der Waals surface area contributed by atoms with Gasteiger partial charge in [0.2, 0.25) is 10.0 Å². The summed E-state index contributed by atoms with van der Waals surface area (Å²) in [7, 11) is -7.72. The van der Waals surface area contributed by atoms with Crippen LogP contribution in [0.1, 0.15) is 24.8 Å². The zero-order chi connectivity index (χ0) is 20.8. The third-order valence-corrected chi connectivity index (χ3v) is 9.04. The van der Waals surface area contributed by atoms with Crippen LogP contribution in [0.3, 0.4) is 0 Å². The van der Waals surface area contributed by atoms with Gasteiger partial charge in [-0.05, 0) is 61.2 Å². The minimum absolute atomic E-state index is 0.101. The molecule has 29 heavy (non-hydrogen) atoms. The van der Waals surface area contributed by atoms with Crippen molar-refractivity contribution in [2.75, 3.05) is 23.9 Å². The van der Waals surface area contributed by atoms with E-state index in [0.717, 1.165) is 35.7 Å². The van der Waals surface area contributed by atoms with Gasteiger partial charge in [-0.15, -0.1) is 0 Å². The topological polar surface area (TPSA) is 74.8 Å². The molecule has 10 heteroatoms. The van der Waals surface area contributed by atoms with Gasteiger partial charge >= 0.3 is 0 Å². The number of nitrogens with zero attached hydrogens (tertiary/aromatic N) is 2. The first-order valence-corrected chi connectivity index (χ1v) is 12.2. The molecule has 0 atom stereocenters. The van der Waals surface area contributed by atoms with E-state index in [0.29, 0.717) is 36.8 Å². The molecule has 0 unspecified atom stereocenters. The zero-order valence-electron chi connectivity index (χ0n) is 15.5. The van der Waals surface area contributed by atoms with E-state index in [9.17, 15) is 25.6 Å². The van der Waals surface area contributed by atoms with Crippen LogP contribution in [0.2, 0.25) is 0 Å². The molecule has 0 radical (unpaired) electrons. The van der Waals surface area contributed by atoms with Crippen molar-refractivity contribution in [3.63, 3.8) is 0 Å². The van der Waals surface area contributed by atoms with Crippen LogP contribution in [-0.2, 0) is 26.5 Å². The minimum atomic E-state index is -4.09. The molecule has 1 saturated heterocycles. The molecule has 0 saturated carbocycles. The standard InChI is InChI=1S/C19H20F2N2O4S2/c20-17-6-4-16(13-18(17)21)29(26,27)23-11-8-14-12-15(5-7-19(14)23)28(24,25)22-9-2-1-3-10-22/h4-7,12-13H,1-3,8-11H2. The smallest absolute Gasteiger partial charge is 0.264 e. The normalized spacial score (nSPS) is 18.1. The third kappa shape index (κ3) is 3.53. The van der Waals surface area contributed by atoms with Crippen molar-refractivity contribution in [2.24, 2.45) is 0 Å². The van der Waals surface area contributed by atoms with Gasteiger partial charge in [0.25, 0.3) is 10.0 Å². The van der Waals surface area contributed by atoms with E-state index in [-0.39, 0.29) is 16.3 Å². The van der Waals surface area contributed by atoms with Crippen molar-refractivity contribution in [1.82, 2.24) is 4.31 Å². The van der Waals surface area contributed by atoms with Gasteiger partial charge < -0.3 is 0 Å². The molecule has 4 rings (SSSR count). The summed E-state index contributed by atoms with van der Waals surface area (Å²) in [6, 6.07) is 6.82. The lowest BCUT2D eigenvalue weighted by Gasteiger charge is -2.26. The van der Waals surface area contributed by atoms with Crippen molar-refractivity contribution in [2.45, 2.75) is 35.5 Å². The molecule has 0 N–H and O–H groups in total.